The molecule has 0 aliphatic rings. The van der Waals surface area contributed by atoms with E-state index in [9.17, 15) is 9.59 Å². The number of aryl methyl sites for hydroxylation is 2. The maximum Gasteiger partial charge on any atom is 0.253 e. The second-order valence-corrected chi connectivity index (χ2v) is 7.94. The van der Waals surface area contributed by atoms with Gasteiger partial charge in [-0.05, 0) is 69.2 Å². The first-order chi connectivity index (χ1) is 15.9. The zero-order valence-corrected chi connectivity index (χ0v) is 19.3. The average Bonchev–Trinajstić information content (AvgIpc) is 3.16. The second-order valence-electron chi connectivity index (χ2n) is 7.94. The number of hydrogen-bond acceptors (Lipinski definition) is 4. The number of anilines is 1. The van der Waals surface area contributed by atoms with Gasteiger partial charge in [-0.25, -0.2) is 4.68 Å². The lowest BCUT2D eigenvalue weighted by atomic mass is 10.1. The Morgan fingerprint density at radius 2 is 1.76 bits per heavy atom. The van der Waals surface area contributed by atoms with Gasteiger partial charge in [0.2, 0.25) is 5.91 Å². The number of pyridine rings is 1. The molecule has 7 heteroatoms. The Kier molecular flexibility index (Phi) is 6.31. The number of ether oxygens (including phenoxy) is 1. The Balaban J connectivity index is 1.81. The zero-order chi connectivity index (χ0) is 23.5. The zero-order valence-electron chi connectivity index (χ0n) is 19.3. The SMILES string of the molecule is CCOc1ccc(NC(=O)C(CC)n2c(=O)cc(C)c3c(C)nn(-c4ccccc4)c32)cc1. The molecule has 1 amide bonds. The topological polar surface area (TPSA) is 78.2 Å². The fourth-order valence-corrected chi connectivity index (χ4v) is 4.19. The lowest BCUT2D eigenvalue weighted by molar-refractivity contribution is -0.119. The highest BCUT2D eigenvalue weighted by atomic mass is 16.5. The van der Waals surface area contributed by atoms with Gasteiger partial charge < -0.3 is 10.1 Å². The fourth-order valence-electron chi connectivity index (χ4n) is 4.19. The number of nitrogens with one attached hydrogen (secondary N) is 1. The molecule has 0 spiro atoms. The van der Waals surface area contributed by atoms with Crippen molar-refractivity contribution in [1.82, 2.24) is 14.3 Å². The molecule has 0 bridgehead atoms. The summed E-state index contributed by atoms with van der Waals surface area (Å²) in [5, 5.41) is 8.55. The molecule has 0 saturated heterocycles. The highest BCUT2D eigenvalue weighted by Gasteiger charge is 2.26. The van der Waals surface area contributed by atoms with E-state index in [0.29, 0.717) is 24.4 Å². The number of benzene rings is 2. The molecule has 170 valence electrons. The summed E-state index contributed by atoms with van der Waals surface area (Å²) in [6, 6.07) is 17.7. The minimum Gasteiger partial charge on any atom is -0.494 e. The summed E-state index contributed by atoms with van der Waals surface area (Å²) in [5.74, 6) is 0.480. The van der Waals surface area contributed by atoms with Crippen molar-refractivity contribution in [1.29, 1.82) is 0 Å². The molecule has 2 heterocycles. The summed E-state index contributed by atoms with van der Waals surface area (Å²) >= 11 is 0. The van der Waals surface area contributed by atoms with Gasteiger partial charge in [0.25, 0.3) is 5.56 Å². The quantitative estimate of drug-likeness (QED) is 0.444. The highest BCUT2D eigenvalue weighted by molar-refractivity contribution is 5.95. The number of nitrogens with zero attached hydrogens (tertiary/aromatic N) is 3. The van der Waals surface area contributed by atoms with Crippen molar-refractivity contribution in [2.45, 2.75) is 40.2 Å². The molecule has 7 nitrogen and oxygen atoms in total. The lowest BCUT2D eigenvalue weighted by Crippen LogP contribution is -2.34. The van der Waals surface area contributed by atoms with Crippen molar-refractivity contribution in [2.75, 3.05) is 11.9 Å². The fraction of sp³-hybridized carbons (Fsp3) is 0.269. The molecular weight excluding hydrogens is 416 g/mol. The number of amides is 1. The predicted molar refractivity (Wildman–Crippen MR) is 130 cm³/mol. The Morgan fingerprint density at radius 3 is 2.39 bits per heavy atom. The van der Waals surface area contributed by atoms with Crippen molar-refractivity contribution in [3.8, 4) is 11.4 Å². The summed E-state index contributed by atoms with van der Waals surface area (Å²) in [6.45, 7) is 8.22. The van der Waals surface area contributed by atoms with E-state index in [4.69, 9.17) is 9.84 Å². The van der Waals surface area contributed by atoms with Crippen molar-refractivity contribution in [3.05, 3.63) is 82.3 Å². The van der Waals surface area contributed by atoms with Gasteiger partial charge >= 0.3 is 0 Å². The van der Waals surface area contributed by atoms with Crippen molar-refractivity contribution >= 4 is 22.6 Å². The number of aromatic nitrogens is 3. The smallest absolute Gasteiger partial charge is 0.253 e. The molecule has 4 aromatic rings. The van der Waals surface area contributed by atoms with E-state index in [2.05, 4.69) is 5.32 Å². The third kappa shape index (κ3) is 4.26. The number of hydrogen-bond donors (Lipinski definition) is 1. The van der Waals surface area contributed by atoms with Gasteiger partial charge in [0, 0.05) is 17.1 Å². The van der Waals surface area contributed by atoms with Crippen LogP contribution >= 0.6 is 0 Å². The summed E-state index contributed by atoms with van der Waals surface area (Å²) in [5.41, 5.74) is 3.51. The second kappa shape index (κ2) is 9.32. The highest BCUT2D eigenvalue weighted by Crippen LogP contribution is 2.27. The standard InChI is InChI=1S/C26H28N4O3/c1-5-22(25(32)27-19-12-14-21(15-13-19)33-6-2)29-23(31)16-17(3)24-18(4)28-30(26(24)29)20-10-8-7-9-11-20/h7-16,22H,5-6H2,1-4H3,(H,27,32). The summed E-state index contributed by atoms with van der Waals surface area (Å²) in [4.78, 5) is 26.6. The minimum atomic E-state index is -0.703. The van der Waals surface area contributed by atoms with Gasteiger partial charge in [-0.2, -0.15) is 5.10 Å². The predicted octanol–water partition coefficient (Wildman–Crippen LogP) is 4.79. The first-order valence-corrected chi connectivity index (χ1v) is 11.1. The van der Waals surface area contributed by atoms with Crippen LogP contribution in [-0.4, -0.2) is 26.9 Å². The van der Waals surface area contributed by atoms with Crippen LogP contribution in [0.3, 0.4) is 0 Å². The monoisotopic (exact) mass is 444 g/mol. The van der Waals surface area contributed by atoms with Crippen molar-refractivity contribution < 1.29 is 9.53 Å². The first-order valence-electron chi connectivity index (χ1n) is 11.1. The summed E-state index contributed by atoms with van der Waals surface area (Å²) in [7, 11) is 0. The van der Waals surface area contributed by atoms with Gasteiger partial charge in [0.15, 0.2) is 0 Å². The van der Waals surface area contributed by atoms with Crippen LogP contribution in [0.4, 0.5) is 5.69 Å². The Bertz CT molecular complexity index is 1340. The van der Waals surface area contributed by atoms with E-state index in [1.54, 1.807) is 27.4 Å². The molecule has 0 saturated carbocycles. The molecule has 0 aliphatic heterocycles. The molecule has 1 unspecified atom stereocenters. The van der Waals surface area contributed by atoms with Crippen LogP contribution in [0.25, 0.3) is 16.7 Å². The minimum absolute atomic E-state index is 0.231. The summed E-state index contributed by atoms with van der Waals surface area (Å²) < 4.78 is 8.79. The van der Waals surface area contributed by atoms with Gasteiger partial charge in [-0.1, -0.05) is 25.1 Å². The molecule has 33 heavy (non-hydrogen) atoms. The van der Waals surface area contributed by atoms with E-state index >= 15 is 0 Å². The number of carbonyl (C=O) groups excluding carboxylic acids is 1. The molecular formula is C26H28N4O3. The third-order valence-electron chi connectivity index (χ3n) is 5.67. The van der Waals surface area contributed by atoms with E-state index in [-0.39, 0.29) is 11.5 Å². The van der Waals surface area contributed by atoms with E-state index in [1.165, 1.54) is 0 Å². The van der Waals surface area contributed by atoms with Crippen LogP contribution in [-0.2, 0) is 4.79 Å². The third-order valence-corrected chi connectivity index (χ3v) is 5.67. The number of fused-ring (bicyclic) bond motifs is 1. The Morgan fingerprint density at radius 1 is 1.06 bits per heavy atom. The lowest BCUT2D eigenvalue weighted by Gasteiger charge is -2.21. The molecule has 4 rings (SSSR count). The summed E-state index contributed by atoms with van der Waals surface area (Å²) in [6.07, 6.45) is 0.444. The maximum absolute atomic E-state index is 13.4. The number of rotatable bonds is 7. The van der Waals surface area contributed by atoms with Crippen molar-refractivity contribution in [2.24, 2.45) is 0 Å². The molecule has 0 aliphatic carbocycles. The molecule has 2 aromatic carbocycles. The molecule has 1 atom stereocenters. The largest absolute Gasteiger partial charge is 0.494 e. The number of para-hydroxylation sites is 1. The number of carbonyl (C=O) groups is 1. The van der Waals surface area contributed by atoms with Gasteiger partial charge in [0.1, 0.15) is 17.4 Å². The van der Waals surface area contributed by atoms with Crippen LogP contribution in [0.5, 0.6) is 5.75 Å². The van der Waals surface area contributed by atoms with E-state index in [1.807, 2.05) is 70.2 Å². The Labute approximate surface area is 192 Å². The molecule has 2 aromatic heterocycles. The first kappa shape index (κ1) is 22.3. The maximum atomic E-state index is 13.4. The van der Waals surface area contributed by atoms with Gasteiger partial charge in [-0.3, -0.25) is 14.2 Å². The van der Waals surface area contributed by atoms with E-state index < -0.39 is 6.04 Å². The van der Waals surface area contributed by atoms with Crippen LogP contribution < -0.4 is 15.6 Å². The van der Waals surface area contributed by atoms with Crippen molar-refractivity contribution in [3.63, 3.8) is 0 Å². The van der Waals surface area contributed by atoms with Crippen LogP contribution in [0.15, 0.2) is 65.5 Å². The Hall–Kier alpha value is -3.87. The van der Waals surface area contributed by atoms with Gasteiger partial charge in [0.05, 0.1) is 18.0 Å². The van der Waals surface area contributed by atoms with Crippen LogP contribution in [0.2, 0.25) is 0 Å². The van der Waals surface area contributed by atoms with Gasteiger partial charge in [-0.15, -0.1) is 0 Å². The van der Waals surface area contributed by atoms with Crippen LogP contribution in [0, 0.1) is 13.8 Å². The van der Waals surface area contributed by atoms with Crippen LogP contribution in [0.1, 0.15) is 37.6 Å². The average molecular weight is 445 g/mol. The molecule has 0 radical (unpaired) electrons. The normalized spacial score (nSPS) is 12.0. The molecule has 1 N–H and O–H groups in total. The van der Waals surface area contributed by atoms with E-state index in [0.717, 1.165) is 28.1 Å². The molecule has 0 fully saturated rings.